The number of aliphatic hydroxyl groups is 1. The van der Waals surface area contributed by atoms with Crippen LogP contribution in [0.1, 0.15) is 12.5 Å². The Morgan fingerprint density at radius 3 is 1.81 bits per heavy atom. The highest BCUT2D eigenvalue weighted by atomic mass is 16.6. The van der Waals surface area contributed by atoms with Crippen molar-refractivity contribution in [3.63, 3.8) is 0 Å². The van der Waals surface area contributed by atoms with Gasteiger partial charge in [0.05, 0.1) is 0 Å². The highest BCUT2D eigenvalue weighted by Gasteiger charge is 1.97. The molecule has 1 atom stereocenters. The van der Waals surface area contributed by atoms with Crippen molar-refractivity contribution in [1.82, 2.24) is 0 Å². The van der Waals surface area contributed by atoms with E-state index in [1.165, 1.54) is 12.5 Å². The van der Waals surface area contributed by atoms with E-state index < -0.39 is 12.3 Å². The monoisotopic (exact) mass is 294 g/mol. The van der Waals surface area contributed by atoms with Crippen molar-refractivity contribution in [2.24, 2.45) is 0 Å². The van der Waals surface area contributed by atoms with E-state index in [1.807, 2.05) is 18.2 Å². The summed E-state index contributed by atoms with van der Waals surface area (Å²) in [6.45, 7) is 6.56. The molecule has 114 valence electrons. The first kappa shape index (κ1) is 23.3. The molecule has 0 fully saturated rings. The smallest absolute Gasteiger partial charge is 0.332 e. The minimum Gasteiger partial charge on any atom is -0.433 e. The zero-order valence-corrected chi connectivity index (χ0v) is 11.8. The van der Waals surface area contributed by atoms with Crippen molar-refractivity contribution in [3.8, 4) is 0 Å². The van der Waals surface area contributed by atoms with Gasteiger partial charge in [-0.3, -0.25) is 0 Å². The van der Waals surface area contributed by atoms with Crippen LogP contribution in [0.4, 0.5) is 0 Å². The van der Waals surface area contributed by atoms with Crippen molar-refractivity contribution < 1.29 is 24.2 Å². The summed E-state index contributed by atoms with van der Waals surface area (Å²) in [5, 5.41) is 19.2. The number of carbonyl (C=O) groups is 1. The molecule has 7 heteroatoms. The van der Waals surface area contributed by atoms with Crippen LogP contribution in [0, 0.1) is 17.7 Å². The Hall–Kier alpha value is -2.85. The molecule has 0 aromatic heterocycles. The molecule has 0 aliphatic rings. The third-order valence-electron chi connectivity index (χ3n) is 1.39. The van der Waals surface area contributed by atoms with Crippen LogP contribution in [0.5, 0.6) is 0 Å². The lowest BCUT2D eigenvalue weighted by molar-refractivity contribution is -0.158. The Balaban J connectivity index is -0.000000227. The van der Waals surface area contributed by atoms with Crippen LogP contribution in [0.25, 0.3) is 0 Å². The van der Waals surface area contributed by atoms with Crippen molar-refractivity contribution in [3.05, 3.63) is 48.6 Å². The van der Waals surface area contributed by atoms with Crippen LogP contribution in [-0.2, 0) is 19.1 Å². The van der Waals surface area contributed by atoms with Crippen LogP contribution in [0.3, 0.4) is 0 Å². The number of rotatable bonds is 2. The van der Waals surface area contributed by atoms with Crippen LogP contribution >= 0.6 is 0 Å². The summed E-state index contributed by atoms with van der Waals surface area (Å²) < 4.78 is 4.20. The van der Waals surface area contributed by atoms with E-state index in [2.05, 4.69) is 30.4 Å². The SMILES string of the molecule is C=CC(=O)OC(C)O.Cc1ccccc1.N=C=O.N=C=O. The Labute approximate surface area is 122 Å². The topological polar surface area (TPSA) is 128 Å². The van der Waals surface area contributed by atoms with Gasteiger partial charge >= 0.3 is 5.97 Å². The van der Waals surface area contributed by atoms with Gasteiger partial charge in [0.15, 0.2) is 6.29 Å². The zero-order chi connectivity index (χ0) is 17.1. The lowest BCUT2D eigenvalue weighted by Gasteiger charge is -2.01. The van der Waals surface area contributed by atoms with Gasteiger partial charge in [0.1, 0.15) is 0 Å². The molecular weight excluding hydrogens is 276 g/mol. The Kier molecular flexibility index (Phi) is 21.6. The van der Waals surface area contributed by atoms with E-state index in [0.717, 1.165) is 18.2 Å². The van der Waals surface area contributed by atoms with Gasteiger partial charge in [0.25, 0.3) is 0 Å². The second-order valence-electron chi connectivity index (χ2n) is 3.10. The maximum Gasteiger partial charge on any atom is 0.332 e. The van der Waals surface area contributed by atoms with Crippen molar-refractivity contribution in [2.75, 3.05) is 0 Å². The van der Waals surface area contributed by atoms with E-state index in [1.54, 1.807) is 0 Å². The molecule has 0 saturated carbocycles. The van der Waals surface area contributed by atoms with Crippen molar-refractivity contribution >= 4 is 18.1 Å². The summed E-state index contributed by atoms with van der Waals surface area (Å²) in [4.78, 5) is 26.8. The Morgan fingerprint density at radius 1 is 1.29 bits per heavy atom. The first-order valence-corrected chi connectivity index (χ1v) is 5.50. The number of hydrogen-bond donors (Lipinski definition) is 3. The minimum atomic E-state index is -1.04. The fraction of sp³-hybridized carbons (Fsp3) is 0.214. The van der Waals surface area contributed by atoms with Crippen LogP contribution in [-0.4, -0.2) is 29.5 Å². The summed E-state index contributed by atoms with van der Waals surface area (Å²) in [5.74, 6) is -0.611. The first-order valence-electron chi connectivity index (χ1n) is 5.50. The van der Waals surface area contributed by atoms with Gasteiger partial charge in [-0.1, -0.05) is 42.5 Å². The molecule has 1 unspecified atom stereocenters. The molecule has 0 amide bonds. The standard InChI is InChI=1S/C7H8.C5H8O3.2CHNO/c1-7-5-3-2-4-6-7;1-3-5(7)8-4(2)6;2*2-1-3/h2-6H,1H3;3-4,6H,1H2,2H3;2*2H. The van der Waals surface area contributed by atoms with Crippen LogP contribution in [0.2, 0.25) is 0 Å². The van der Waals surface area contributed by atoms with Gasteiger partial charge in [-0.05, 0) is 13.8 Å². The average molecular weight is 294 g/mol. The number of nitrogens with one attached hydrogen (secondary N) is 2. The number of carbonyl (C=O) groups excluding carboxylic acids is 3. The fourth-order valence-corrected chi connectivity index (χ4v) is 0.751. The van der Waals surface area contributed by atoms with Gasteiger partial charge in [-0.15, -0.1) is 0 Å². The second-order valence-corrected chi connectivity index (χ2v) is 3.10. The molecule has 0 bridgehead atoms. The van der Waals surface area contributed by atoms with Crippen LogP contribution < -0.4 is 0 Å². The van der Waals surface area contributed by atoms with E-state index in [9.17, 15) is 4.79 Å². The number of hydrogen-bond acceptors (Lipinski definition) is 7. The zero-order valence-electron chi connectivity index (χ0n) is 11.8. The molecule has 21 heavy (non-hydrogen) atoms. The molecule has 0 spiro atoms. The Morgan fingerprint density at radius 2 is 1.67 bits per heavy atom. The van der Waals surface area contributed by atoms with Gasteiger partial charge in [0.2, 0.25) is 12.2 Å². The molecule has 0 radical (unpaired) electrons. The third kappa shape index (κ3) is 31.7. The predicted molar refractivity (Wildman–Crippen MR) is 76.0 cm³/mol. The van der Waals surface area contributed by atoms with E-state index in [0.29, 0.717) is 0 Å². The summed E-state index contributed by atoms with van der Waals surface area (Å²) >= 11 is 0. The number of aliphatic hydroxyl groups excluding tert-OH is 1. The maximum atomic E-state index is 10.1. The lowest BCUT2D eigenvalue weighted by Crippen LogP contribution is -2.10. The largest absolute Gasteiger partial charge is 0.433 e. The molecule has 1 aromatic carbocycles. The Bertz CT molecular complexity index is 434. The highest BCUT2D eigenvalue weighted by Crippen LogP contribution is 1.92. The summed E-state index contributed by atoms with van der Waals surface area (Å²) in [6.07, 6.45) is 1.45. The van der Waals surface area contributed by atoms with Gasteiger partial charge in [-0.25, -0.2) is 25.2 Å². The van der Waals surface area contributed by atoms with E-state index in [-0.39, 0.29) is 0 Å². The third-order valence-corrected chi connectivity index (χ3v) is 1.39. The number of ether oxygens (including phenoxy) is 1. The molecule has 0 saturated heterocycles. The highest BCUT2D eigenvalue weighted by molar-refractivity contribution is 5.81. The average Bonchev–Trinajstić information content (AvgIpc) is 2.41. The fourth-order valence-electron chi connectivity index (χ4n) is 0.751. The number of isocyanates is 2. The molecular formula is C14H18N2O5. The molecule has 0 heterocycles. The van der Waals surface area contributed by atoms with Gasteiger partial charge in [0, 0.05) is 6.08 Å². The first-order chi connectivity index (χ1) is 9.89. The lowest BCUT2D eigenvalue weighted by atomic mass is 10.2. The number of esters is 1. The predicted octanol–water partition coefficient (Wildman–Crippen LogP) is 1.85. The van der Waals surface area contributed by atoms with Crippen LogP contribution in [0.15, 0.2) is 43.0 Å². The maximum absolute atomic E-state index is 10.1. The van der Waals surface area contributed by atoms with Crippen molar-refractivity contribution in [2.45, 2.75) is 20.1 Å². The molecule has 7 nitrogen and oxygen atoms in total. The molecule has 3 N–H and O–H groups in total. The molecule has 0 aliphatic heterocycles. The number of benzene rings is 1. The molecule has 0 aliphatic carbocycles. The molecule has 1 rings (SSSR count). The van der Waals surface area contributed by atoms with E-state index >= 15 is 0 Å². The second kappa shape index (κ2) is 19.5. The summed E-state index contributed by atoms with van der Waals surface area (Å²) in [7, 11) is 0. The van der Waals surface area contributed by atoms with E-state index in [4.69, 9.17) is 25.5 Å². The van der Waals surface area contributed by atoms with Gasteiger partial charge in [-0.2, -0.15) is 0 Å². The molecule has 1 aromatic rings. The summed E-state index contributed by atoms with van der Waals surface area (Å²) in [6, 6.07) is 10.3. The van der Waals surface area contributed by atoms with Crippen molar-refractivity contribution in [1.29, 1.82) is 10.8 Å². The van der Waals surface area contributed by atoms with Gasteiger partial charge < -0.3 is 9.84 Å². The minimum absolute atomic E-state index is 0.611. The number of aryl methyl sites for hydroxylation is 1. The summed E-state index contributed by atoms with van der Waals surface area (Å²) in [5.41, 5.74) is 1.32. The quantitative estimate of drug-likeness (QED) is 0.252. The normalized spacial score (nSPS) is 8.33.